The summed E-state index contributed by atoms with van der Waals surface area (Å²) in [5, 5.41) is 11.0. The Morgan fingerprint density at radius 3 is 2.56 bits per heavy atom. The fourth-order valence-electron chi connectivity index (χ4n) is 2.14. The van der Waals surface area contributed by atoms with Gasteiger partial charge in [0.2, 0.25) is 0 Å². The van der Waals surface area contributed by atoms with Crippen molar-refractivity contribution in [2.24, 2.45) is 0 Å². The second-order valence-electron chi connectivity index (χ2n) is 4.97. The molecule has 0 atom stereocenters. The van der Waals surface area contributed by atoms with Crippen LogP contribution in [0.3, 0.4) is 0 Å². The number of rotatable bonds is 6. The summed E-state index contributed by atoms with van der Waals surface area (Å²) in [6.07, 6.45) is 4.35. The van der Waals surface area contributed by atoms with Crippen molar-refractivity contribution in [3.8, 4) is 17.2 Å². The summed E-state index contributed by atoms with van der Waals surface area (Å²) in [5.74, 6) is -0.0465. The first-order chi connectivity index (χ1) is 12.0. The Balaban J connectivity index is 2.25. The largest absolute Gasteiger partial charge is 0.507 e. The third kappa shape index (κ3) is 4.78. The Bertz CT molecular complexity index is 841. The predicted octanol–water partition coefficient (Wildman–Crippen LogP) is 5.08. The molecule has 0 heterocycles. The van der Waals surface area contributed by atoms with Gasteiger partial charge in [-0.15, -0.1) is 0 Å². The van der Waals surface area contributed by atoms with Gasteiger partial charge in [-0.2, -0.15) is 0 Å². The highest BCUT2D eigenvalue weighted by molar-refractivity contribution is 6.49. The summed E-state index contributed by atoms with van der Waals surface area (Å²) in [6.45, 7) is 0. The molecule has 6 heteroatoms. The van der Waals surface area contributed by atoms with Crippen molar-refractivity contribution in [1.29, 1.82) is 0 Å². The Morgan fingerprint density at radius 1 is 1.16 bits per heavy atom. The lowest BCUT2D eigenvalue weighted by Crippen LogP contribution is -2.00. The molecule has 0 radical (unpaired) electrons. The summed E-state index contributed by atoms with van der Waals surface area (Å²) in [7, 11) is 2.86. The first kappa shape index (κ1) is 18.9. The van der Waals surface area contributed by atoms with Gasteiger partial charge in [0, 0.05) is 22.2 Å². The molecule has 2 aromatic rings. The van der Waals surface area contributed by atoms with Gasteiger partial charge in [-0.05, 0) is 29.8 Å². The zero-order valence-corrected chi connectivity index (χ0v) is 15.1. The SMILES string of the molecule is COc1cc(O)c(C(=O)/C=C/C=C(\Cl)c2cccc(Cl)c2)c(OC)c1. The molecule has 0 saturated heterocycles. The number of ether oxygens (including phenoxy) is 2. The van der Waals surface area contributed by atoms with Crippen LogP contribution < -0.4 is 9.47 Å². The van der Waals surface area contributed by atoms with E-state index in [2.05, 4.69) is 0 Å². The van der Waals surface area contributed by atoms with Crippen LogP contribution in [0.4, 0.5) is 0 Å². The van der Waals surface area contributed by atoms with Gasteiger partial charge in [0.05, 0.1) is 14.2 Å². The Morgan fingerprint density at radius 2 is 1.92 bits per heavy atom. The molecule has 0 spiro atoms. The number of ketones is 1. The topological polar surface area (TPSA) is 55.8 Å². The molecule has 1 N–H and O–H groups in total. The summed E-state index contributed by atoms with van der Waals surface area (Å²) < 4.78 is 10.2. The van der Waals surface area contributed by atoms with Crippen LogP contribution in [-0.2, 0) is 0 Å². The molecule has 0 aliphatic heterocycles. The molecule has 0 unspecified atom stereocenters. The zero-order chi connectivity index (χ0) is 18.4. The lowest BCUT2D eigenvalue weighted by atomic mass is 10.1. The maximum atomic E-state index is 12.4. The molecule has 4 nitrogen and oxygen atoms in total. The van der Waals surface area contributed by atoms with Gasteiger partial charge in [-0.1, -0.05) is 41.4 Å². The standard InChI is InChI=1S/C19H16Cl2O4/c1-24-14-10-17(23)19(18(11-14)25-2)16(22)8-4-7-15(21)12-5-3-6-13(20)9-12/h3-11,23H,1-2H3/b8-4+,15-7-. The van der Waals surface area contributed by atoms with Gasteiger partial charge < -0.3 is 14.6 Å². The van der Waals surface area contributed by atoms with E-state index in [0.717, 1.165) is 5.56 Å². The number of carbonyl (C=O) groups is 1. The van der Waals surface area contributed by atoms with Gasteiger partial charge in [-0.3, -0.25) is 4.79 Å². The molecular weight excluding hydrogens is 363 g/mol. The van der Waals surface area contributed by atoms with Crippen LogP contribution in [0.15, 0.2) is 54.6 Å². The first-order valence-corrected chi connectivity index (χ1v) is 8.01. The number of hydrogen-bond acceptors (Lipinski definition) is 4. The van der Waals surface area contributed by atoms with E-state index >= 15 is 0 Å². The van der Waals surface area contributed by atoms with Crippen LogP contribution in [0.5, 0.6) is 17.2 Å². The van der Waals surface area contributed by atoms with Gasteiger partial charge in [-0.25, -0.2) is 0 Å². The van der Waals surface area contributed by atoms with E-state index in [-0.39, 0.29) is 17.1 Å². The molecule has 0 aliphatic carbocycles. The number of halogens is 2. The van der Waals surface area contributed by atoms with Crippen LogP contribution in [0.25, 0.3) is 5.03 Å². The normalized spacial score (nSPS) is 11.6. The molecular formula is C19H16Cl2O4. The van der Waals surface area contributed by atoms with Crippen molar-refractivity contribution in [2.75, 3.05) is 14.2 Å². The Kier molecular flexibility index (Phi) is 6.51. The minimum Gasteiger partial charge on any atom is -0.507 e. The molecule has 0 aliphatic rings. The van der Waals surface area contributed by atoms with Crippen molar-refractivity contribution >= 4 is 34.0 Å². The fraction of sp³-hybridized carbons (Fsp3) is 0.105. The number of carbonyl (C=O) groups excluding carboxylic acids is 1. The average molecular weight is 379 g/mol. The molecule has 2 aromatic carbocycles. The minimum atomic E-state index is -0.427. The molecule has 130 valence electrons. The van der Waals surface area contributed by atoms with Gasteiger partial charge in [0.1, 0.15) is 22.8 Å². The Hall–Kier alpha value is -2.43. The van der Waals surface area contributed by atoms with E-state index in [0.29, 0.717) is 15.8 Å². The van der Waals surface area contributed by atoms with Crippen molar-refractivity contribution < 1.29 is 19.4 Å². The maximum Gasteiger partial charge on any atom is 0.193 e. The van der Waals surface area contributed by atoms with Crippen LogP contribution in [0, 0.1) is 0 Å². The molecule has 2 rings (SSSR count). The molecule has 0 bridgehead atoms. The van der Waals surface area contributed by atoms with Crippen LogP contribution >= 0.6 is 23.2 Å². The van der Waals surface area contributed by atoms with E-state index in [1.807, 2.05) is 0 Å². The summed E-state index contributed by atoms with van der Waals surface area (Å²) in [6, 6.07) is 9.91. The molecule has 0 saturated carbocycles. The van der Waals surface area contributed by atoms with Crippen molar-refractivity contribution in [1.82, 2.24) is 0 Å². The number of hydrogen-bond donors (Lipinski definition) is 1. The number of aromatic hydroxyl groups is 1. The lowest BCUT2D eigenvalue weighted by Gasteiger charge is -2.10. The van der Waals surface area contributed by atoms with Crippen molar-refractivity contribution in [3.63, 3.8) is 0 Å². The number of allylic oxidation sites excluding steroid dienone is 3. The zero-order valence-electron chi connectivity index (χ0n) is 13.6. The highest BCUT2D eigenvalue weighted by atomic mass is 35.5. The van der Waals surface area contributed by atoms with Crippen LogP contribution in [-0.4, -0.2) is 25.1 Å². The van der Waals surface area contributed by atoms with E-state index in [1.165, 1.54) is 38.5 Å². The van der Waals surface area contributed by atoms with Crippen molar-refractivity contribution in [2.45, 2.75) is 0 Å². The molecule has 0 amide bonds. The first-order valence-electron chi connectivity index (χ1n) is 7.25. The quantitative estimate of drug-likeness (QED) is 0.432. The average Bonchev–Trinajstić information content (AvgIpc) is 2.60. The van der Waals surface area contributed by atoms with E-state index in [9.17, 15) is 9.90 Å². The van der Waals surface area contributed by atoms with Crippen LogP contribution in [0.2, 0.25) is 5.02 Å². The monoisotopic (exact) mass is 378 g/mol. The molecule has 0 aromatic heterocycles. The highest BCUT2D eigenvalue weighted by Gasteiger charge is 2.17. The smallest absolute Gasteiger partial charge is 0.193 e. The number of phenols is 1. The van der Waals surface area contributed by atoms with E-state index in [1.54, 1.807) is 30.3 Å². The third-order valence-corrected chi connectivity index (χ3v) is 3.93. The third-order valence-electron chi connectivity index (χ3n) is 3.35. The summed E-state index contributed by atoms with van der Waals surface area (Å²) in [4.78, 5) is 12.4. The number of phenolic OH excluding ortho intramolecular Hbond substituents is 1. The fourth-order valence-corrected chi connectivity index (χ4v) is 2.52. The second-order valence-corrected chi connectivity index (χ2v) is 5.82. The van der Waals surface area contributed by atoms with Crippen molar-refractivity contribution in [3.05, 3.63) is 70.8 Å². The maximum absolute atomic E-state index is 12.4. The van der Waals surface area contributed by atoms with Crippen LogP contribution in [0.1, 0.15) is 15.9 Å². The highest BCUT2D eigenvalue weighted by Crippen LogP contribution is 2.33. The summed E-state index contributed by atoms with van der Waals surface area (Å²) >= 11 is 12.1. The Labute approximate surface area is 155 Å². The molecule has 0 fully saturated rings. The van der Waals surface area contributed by atoms with Gasteiger partial charge in [0.25, 0.3) is 0 Å². The van der Waals surface area contributed by atoms with Gasteiger partial charge in [0.15, 0.2) is 5.78 Å². The number of methoxy groups -OCH3 is 2. The van der Waals surface area contributed by atoms with Gasteiger partial charge >= 0.3 is 0 Å². The minimum absolute atomic E-state index is 0.0480. The second kappa shape index (κ2) is 8.60. The molecule has 25 heavy (non-hydrogen) atoms. The van der Waals surface area contributed by atoms with E-state index < -0.39 is 5.78 Å². The lowest BCUT2D eigenvalue weighted by molar-refractivity contribution is 0.104. The number of benzene rings is 2. The summed E-state index contributed by atoms with van der Waals surface area (Å²) in [5.41, 5.74) is 0.781. The van der Waals surface area contributed by atoms with E-state index in [4.69, 9.17) is 32.7 Å². The predicted molar refractivity (Wildman–Crippen MR) is 100.0 cm³/mol.